The minimum absolute atomic E-state index is 0.132. The van der Waals surface area contributed by atoms with Gasteiger partial charge in [-0.2, -0.15) is 0 Å². The van der Waals surface area contributed by atoms with Crippen LogP contribution >= 0.6 is 23.6 Å². The average molecular weight is 393 g/mol. The van der Waals surface area contributed by atoms with Gasteiger partial charge < -0.3 is 9.72 Å². The monoisotopic (exact) mass is 392 g/mol. The van der Waals surface area contributed by atoms with Crippen LogP contribution in [-0.2, 0) is 28.9 Å². The Bertz CT molecular complexity index is 964. The number of nitrogens with one attached hydrogen (secondary N) is 1. The molecule has 2 aliphatic carbocycles. The summed E-state index contributed by atoms with van der Waals surface area (Å²) in [6.45, 7) is 1.91. The van der Waals surface area contributed by atoms with E-state index in [1.54, 1.807) is 18.3 Å². The second-order valence-electron chi connectivity index (χ2n) is 7.57. The van der Waals surface area contributed by atoms with Gasteiger partial charge in [-0.25, -0.2) is 0 Å². The van der Waals surface area contributed by atoms with Gasteiger partial charge in [0, 0.05) is 4.88 Å². The average Bonchev–Trinajstić information content (AvgIpc) is 2.96. The van der Waals surface area contributed by atoms with Gasteiger partial charge in [0.15, 0.2) is 4.77 Å². The van der Waals surface area contributed by atoms with Crippen LogP contribution in [0.25, 0.3) is 10.2 Å². The van der Waals surface area contributed by atoms with Crippen LogP contribution in [0.5, 0.6) is 0 Å². The Morgan fingerprint density at radius 2 is 2.08 bits per heavy atom. The molecule has 1 N–H and O–H groups in total. The second kappa shape index (κ2) is 6.93. The number of thiophene rings is 1. The predicted molar refractivity (Wildman–Crippen MR) is 105 cm³/mol. The summed E-state index contributed by atoms with van der Waals surface area (Å²) >= 11 is 7.02. The summed E-state index contributed by atoms with van der Waals surface area (Å²) in [5.74, 6) is -0.432. The lowest BCUT2D eigenvalue weighted by atomic mass is 9.65. The SMILES string of the molecule is CCOC(=O)Cn1c(=S)[nH]c2sc3c(c2c1=O)CCC1(CCCCC1)C3. The van der Waals surface area contributed by atoms with E-state index in [1.807, 2.05) is 0 Å². The molecule has 0 aliphatic heterocycles. The number of nitrogens with zero attached hydrogens (tertiary/aromatic N) is 1. The molecule has 0 amide bonds. The van der Waals surface area contributed by atoms with Crippen molar-refractivity contribution in [1.29, 1.82) is 0 Å². The second-order valence-corrected chi connectivity index (χ2v) is 9.06. The first-order valence-corrected chi connectivity index (χ1v) is 10.7. The maximum atomic E-state index is 13.1. The van der Waals surface area contributed by atoms with Gasteiger partial charge in [0.05, 0.1) is 12.0 Å². The summed E-state index contributed by atoms with van der Waals surface area (Å²) < 4.78 is 6.61. The number of hydrogen-bond donors (Lipinski definition) is 1. The van der Waals surface area contributed by atoms with Crippen LogP contribution in [0.2, 0.25) is 0 Å². The van der Waals surface area contributed by atoms with Crippen molar-refractivity contribution < 1.29 is 9.53 Å². The van der Waals surface area contributed by atoms with Gasteiger partial charge in [0.2, 0.25) is 0 Å². The standard InChI is InChI=1S/C19H24N2O3S2/c1-2-24-14(22)11-21-17(23)15-12-6-9-19(7-4-3-5-8-19)10-13(12)26-16(15)20-18(21)25/h2-11H2,1H3,(H,20,25). The van der Waals surface area contributed by atoms with Crippen molar-refractivity contribution >= 4 is 39.7 Å². The Labute approximate surface area is 161 Å². The molecule has 5 nitrogen and oxygen atoms in total. The summed E-state index contributed by atoms with van der Waals surface area (Å²) in [6, 6.07) is 0. The van der Waals surface area contributed by atoms with Crippen LogP contribution in [-0.4, -0.2) is 22.1 Å². The maximum Gasteiger partial charge on any atom is 0.326 e. The molecule has 1 fully saturated rings. The molecule has 26 heavy (non-hydrogen) atoms. The zero-order valence-corrected chi connectivity index (χ0v) is 16.7. The largest absolute Gasteiger partial charge is 0.465 e. The Balaban J connectivity index is 1.76. The minimum atomic E-state index is -0.432. The number of esters is 1. The molecule has 2 heterocycles. The molecular weight excluding hydrogens is 368 g/mol. The number of ether oxygens (including phenoxy) is 1. The quantitative estimate of drug-likeness (QED) is 0.630. The van der Waals surface area contributed by atoms with E-state index in [2.05, 4.69) is 4.98 Å². The Kier molecular flexibility index (Phi) is 4.77. The molecule has 4 rings (SSSR count). The van der Waals surface area contributed by atoms with E-state index in [-0.39, 0.29) is 12.1 Å². The number of aromatic amines is 1. The molecule has 7 heteroatoms. The highest BCUT2D eigenvalue weighted by Crippen LogP contribution is 2.49. The van der Waals surface area contributed by atoms with Crippen LogP contribution < -0.4 is 5.56 Å². The first-order valence-electron chi connectivity index (χ1n) is 9.46. The zero-order valence-electron chi connectivity index (χ0n) is 15.1. The Hall–Kier alpha value is -1.47. The van der Waals surface area contributed by atoms with Gasteiger partial charge in [-0.3, -0.25) is 14.2 Å². The van der Waals surface area contributed by atoms with Crippen LogP contribution in [0.4, 0.5) is 0 Å². The van der Waals surface area contributed by atoms with E-state index >= 15 is 0 Å². The molecule has 140 valence electrons. The minimum Gasteiger partial charge on any atom is -0.465 e. The Morgan fingerprint density at radius 1 is 1.31 bits per heavy atom. The van der Waals surface area contributed by atoms with Crippen molar-refractivity contribution in [3.8, 4) is 0 Å². The first-order chi connectivity index (χ1) is 12.5. The molecule has 0 radical (unpaired) electrons. The highest BCUT2D eigenvalue weighted by molar-refractivity contribution is 7.71. The molecule has 2 aromatic heterocycles. The lowest BCUT2D eigenvalue weighted by Crippen LogP contribution is -2.31. The summed E-state index contributed by atoms with van der Waals surface area (Å²) in [7, 11) is 0. The highest BCUT2D eigenvalue weighted by atomic mass is 32.1. The molecule has 0 unspecified atom stereocenters. The fourth-order valence-electron chi connectivity index (χ4n) is 4.65. The summed E-state index contributed by atoms with van der Waals surface area (Å²) in [6.07, 6.45) is 9.83. The molecule has 0 aromatic carbocycles. The number of carbonyl (C=O) groups excluding carboxylic acids is 1. The molecule has 1 spiro atoms. The molecule has 0 atom stereocenters. The molecule has 1 saturated carbocycles. The van der Waals surface area contributed by atoms with E-state index in [9.17, 15) is 9.59 Å². The van der Waals surface area contributed by atoms with Crippen LogP contribution in [0.3, 0.4) is 0 Å². The van der Waals surface area contributed by atoms with Gasteiger partial charge in [0.25, 0.3) is 5.56 Å². The number of H-pyrrole nitrogens is 1. The van der Waals surface area contributed by atoms with E-state index in [1.165, 1.54) is 53.5 Å². The maximum absolute atomic E-state index is 13.1. The van der Waals surface area contributed by atoms with Crippen molar-refractivity contribution in [3.05, 3.63) is 25.6 Å². The highest BCUT2D eigenvalue weighted by Gasteiger charge is 2.37. The van der Waals surface area contributed by atoms with Crippen LogP contribution in [0.15, 0.2) is 4.79 Å². The molecule has 2 aliphatic rings. The lowest BCUT2D eigenvalue weighted by Gasteiger charge is -2.40. The molecule has 0 bridgehead atoms. The Morgan fingerprint density at radius 3 is 2.81 bits per heavy atom. The third-order valence-corrected chi connectivity index (χ3v) is 7.43. The fraction of sp³-hybridized carbons (Fsp3) is 0.632. The van der Waals surface area contributed by atoms with E-state index in [4.69, 9.17) is 17.0 Å². The molecule has 0 saturated heterocycles. The fourth-order valence-corrected chi connectivity index (χ4v) is 6.38. The third kappa shape index (κ3) is 3.05. The van der Waals surface area contributed by atoms with E-state index < -0.39 is 5.97 Å². The first kappa shape index (κ1) is 17.9. The van der Waals surface area contributed by atoms with E-state index in [0.29, 0.717) is 16.8 Å². The normalized spacial score (nSPS) is 18.8. The topological polar surface area (TPSA) is 64.1 Å². The number of aromatic nitrogens is 2. The summed E-state index contributed by atoms with van der Waals surface area (Å²) in [5, 5.41) is 0.730. The van der Waals surface area contributed by atoms with Gasteiger partial charge in [-0.05, 0) is 62.2 Å². The van der Waals surface area contributed by atoms with Crippen LogP contribution in [0, 0.1) is 10.2 Å². The van der Waals surface area contributed by atoms with Gasteiger partial charge in [-0.1, -0.05) is 19.3 Å². The molecule has 2 aromatic rings. The number of rotatable bonds is 3. The third-order valence-electron chi connectivity index (χ3n) is 5.96. The number of fused-ring (bicyclic) bond motifs is 3. The van der Waals surface area contributed by atoms with Crippen molar-refractivity contribution in [3.63, 3.8) is 0 Å². The van der Waals surface area contributed by atoms with Crippen molar-refractivity contribution in [2.75, 3.05) is 6.61 Å². The smallest absolute Gasteiger partial charge is 0.326 e. The van der Waals surface area contributed by atoms with Gasteiger partial charge in [-0.15, -0.1) is 11.3 Å². The summed E-state index contributed by atoms with van der Waals surface area (Å²) in [5.41, 5.74) is 1.45. The van der Waals surface area contributed by atoms with E-state index in [0.717, 1.165) is 23.1 Å². The van der Waals surface area contributed by atoms with Gasteiger partial charge in [0.1, 0.15) is 11.4 Å². The zero-order chi connectivity index (χ0) is 18.3. The van der Waals surface area contributed by atoms with Crippen molar-refractivity contribution in [1.82, 2.24) is 9.55 Å². The van der Waals surface area contributed by atoms with Gasteiger partial charge >= 0.3 is 5.97 Å². The van der Waals surface area contributed by atoms with Crippen molar-refractivity contribution in [2.24, 2.45) is 5.41 Å². The number of carbonyl (C=O) groups is 1. The number of aryl methyl sites for hydroxylation is 1. The lowest BCUT2D eigenvalue weighted by molar-refractivity contribution is -0.143. The number of hydrogen-bond acceptors (Lipinski definition) is 5. The van der Waals surface area contributed by atoms with Crippen LogP contribution in [0.1, 0.15) is 55.9 Å². The summed E-state index contributed by atoms with van der Waals surface area (Å²) in [4.78, 5) is 30.3. The predicted octanol–water partition coefficient (Wildman–Crippen LogP) is 4.12. The molecular formula is C19H24N2O3S2. The van der Waals surface area contributed by atoms with Crippen molar-refractivity contribution in [2.45, 2.75) is 64.8 Å².